The molecule has 1 N–H and O–H groups in total. The Morgan fingerprint density at radius 3 is 2.83 bits per heavy atom. The Hall–Kier alpha value is -1.13. The number of ether oxygens (including phenoxy) is 1. The molecule has 3 nitrogen and oxygen atoms in total. The summed E-state index contributed by atoms with van der Waals surface area (Å²) in [6, 6.07) is 5.88. The first-order valence-electron chi connectivity index (χ1n) is 6.44. The largest absolute Gasteiger partial charge is 0.494 e. The number of rotatable bonds is 7. The highest BCUT2D eigenvalue weighted by atomic mass is 19.1. The van der Waals surface area contributed by atoms with Gasteiger partial charge in [0.15, 0.2) is 11.6 Å². The number of nitrogens with one attached hydrogen (secondary N) is 1. The van der Waals surface area contributed by atoms with Gasteiger partial charge in [-0.05, 0) is 37.6 Å². The highest BCUT2D eigenvalue weighted by Gasteiger charge is 2.25. The van der Waals surface area contributed by atoms with Crippen molar-refractivity contribution in [2.45, 2.75) is 25.4 Å². The third kappa shape index (κ3) is 3.68. The van der Waals surface area contributed by atoms with E-state index in [9.17, 15) is 4.39 Å². The molecule has 0 atom stereocenters. The lowest BCUT2D eigenvalue weighted by atomic mass is 10.2. The van der Waals surface area contributed by atoms with Gasteiger partial charge in [-0.25, -0.2) is 4.39 Å². The van der Waals surface area contributed by atoms with Crippen LogP contribution in [0.2, 0.25) is 0 Å². The third-order valence-corrected chi connectivity index (χ3v) is 3.36. The van der Waals surface area contributed by atoms with Gasteiger partial charge in [0, 0.05) is 25.7 Å². The minimum absolute atomic E-state index is 0.298. The summed E-state index contributed by atoms with van der Waals surface area (Å²) >= 11 is 0. The first-order chi connectivity index (χ1) is 8.70. The quantitative estimate of drug-likeness (QED) is 0.751. The number of benzene rings is 1. The number of likely N-dealkylation sites (N-methyl/N-ethyl adjacent to an activating group) is 1. The van der Waals surface area contributed by atoms with Gasteiger partial charge < -0.3 is 15.0 Å². The lowest BCUT2D eigenvalue weighted by Gasteiger charge is -2.15. The molecule has 0 bridgehead atoms. The number of nitrogens with zero attached hydrogens (tertiary/aromatic N) is 1. The van der Waals surface area contributed by atoms with E-state index in [1.54, 1.807) is 6.07 Å². The molecule has 0 saturated heterocycles. The average molecular weight is 252 g/mol. The molecule has 1 fully saturated rings. The second-order valence-corrected chi connectivity index (χ2v) is 4.86. The van der Waals surface area contributed by atoms with Crippen molar-refractivity contribution in [1.29, 1.82) is 0 Å². The second-order valence-electron chi connectivity index (χ2n) is 4.86. The number of methoxy groups -OCH3 is 1. The Labute approximate surface area is 108 Å². The summed E-state index contributed by atoms with van der Waals surface area (Å²) in [7, 11) is 3.64. The Morgan fingerprint density at radius 1 is 1.44 bits per heavy atom. The predicted octanol–water partition coefficient (Wildman–Crippen LogP) is 2.02. The topological polar surface area (TPSA) is 24.5 Å². The molecule has 1 saturated carbocycles. The highest BCUT2D eigenvalue weighted by molar-refractivity contribution is 5.29. The molecular formula is C14H21FN2O. The van der Waals surface area contributed by atoms with Gasteiger partial charge in [-0.1, -0.05) is 6.07 Å². The van der Waals surface area contributed by atoms with Crippen molar-refractivity contribution < 1.29 is 9.13 Å². The standard InChI is InChI=1S/C14H21FN2O/c1-17(12-4-5-12)8-7-16-10-11-3-6-14(18-2)13(15)9-11/h3,6,9,12,16H,4-5,7-8,10H2,1-2H3. The molecule has 100 valence electrons. The van der Waals surface area contributed by atoms with Crippen LogP contribution in [0.1, 0.15) is 18.4 Å². The third-order valence-electron chi connectivity index (χ3n) is 3.36. The molecule has 0 aromatic heterocycles. The Bertz CT molecular complexity index is 393. The maximum Gasteiger partial charge on any atom is 0.165 e. The first-order valence-corrected chi connectivity index (χ1v) is 6.44. The van der Waals surface area contributed by atoms with Crippen LogP contribution in [0.15, 0.2) is 18.2 Å². The molecule has 0 unspecified atom stereocenters. The summed E-state index contributed by atoms with van der Waals surface area (Å²) < 4.78 is 18.3. The minimum atomic E-state index is -0.299. The molecule has 0 spiro atoms. The lowest BCUT2D eigenvalue weighted by molar-refractivity contribution is 0.321. The van der Waals surface area contributed by atoms with Crippen molar-refractivity contribution in [2.24, 2.45) is 0 Å². The van der Waals surface area contributed by atoms with Crippen molar-refractivity contribution in [3.63, 3.8) is 0 Å². The van der Waals surface area contributed by atoms with E-state index in [2.05, 4.69) is 17.3 Å². The maximum atomic E-state index is 13.4. The van der Waals surface area contributed by atoms with Crippen LogP contribution in [-0.4, -0.2) is 38.2 Å². The van der Waals surface area contributed by atoms with E-state index in [0.717, 1.165) is 24.7 Å². The van der Waals surface area contributed by atoms with Crippen molar-refractivity contribution >= 4 is 0 Å². The molecule has 1 aliphatic carbocycles. The van der Waals surface area contributed by atoms with Crippen LogP contribution in [0.3, 0.4) is 0 Å². The smallest absolute Gasteiger partial charge is 0.165 e. The summed E-state index contributed by atoms with van der Waals surface area (Å²) in [5.41, 5.74) is 0.947. The van der Waals surface area contributed by atoms with Gasteiger partial charge in [0.05, 0.1) is 7.11 Å². The zero-order valence-electron chi connectivity index (χ0n) is 11.1. The SMILES string of the molecule is COc1ccc(CNCCN(C)C2CC2)cc1F. The van der Waals surface area contributed by atoms with Crippen LogP contribution < -0.4 is 10.1 Å². The number of halogens is 1. The Balaban J connectivity index is 1.71. The summed E-state index contributed by atoms with van der Waals surface area (Å²) in [6.45, 7) is 2.67. The van der Waals surface area contributed by atoms with Gasteiger partial charge in [-0.15, -0.1) is 0 Å². The van der Waals surface area contributed by atoms with E-state index in [-0.39, 0.29) is 5.82 Å². The van der Waals surface area contributed by atoms with Gasteiger partial charge >= 0.3 is 0 Å². The summed E-state index contributed by atoms with van der Waals surface area (Å²) in [5.74, 6) is -0.000819. The van der Waals surface area contributed by atoms with Gasteiger partial charge in [0.2, 0.25) is 0 Å². The van der Waals surface area contributed by atoms with E-state index < -0.39 is 0 Å². The molecular weight excluding hydrogens is 231 g/mol. The van der Waals surface area contributed by atoms with Crippen LogP contribution in [0.5, 0.6) is 5.75 Å². The summed E-state index contributed by atoms with van der Waals surface area (Å²) in [5, 5.41) is 3.33. The van der Waals surface area contributed by atoms with Gasteiger partial charge in [0.1, 0.15) is 0 Å². The molecule has 0 amide bonds. The molecule has 0 aliphatic heterocycles. The van der Waals surface area contributed by atoms with Gasteiger partial charge in [0.25, 0.3) is 0 Å². The molecule has 0 radical (unpaired) electrons. The maximum absolute atomic E-state index is 13.4. The zero-order chi connectivity index (χ0) is 13.0. The summed E-state index contributed by atoms with van der Waals surface area (Å²) in [4.78, 5) is 2.38. The predicted molar refractivity (Wildman–Crippen MR) is 70.3 cm³/mol. The van der Waals surface area contributed by atoms with E-state index in [4.69, 9.17) is 4.74 Å². The van der Waals surface area contributed by atoms with Gasteiger partial charge in [-0.2, -0.15) is 0 Å². The van der Waals surface area contributed by atoms with Crippen LogP contribution in [0, 0.1) is 5.82 Å². The van der Waals surface area contributed by atoms with E-state index in [1.807, 2.05) is 6.07 Å². The molecule has 18 heavy (non-hydrogen) atoms. The molecule has 1 aromatic carbocycles. The van der Waals surface area contributed by atoms with Crippen LogP contribution in [-0.2, 0) is 6.54 Å². The molecule has 4 heteroatoms. The van der Waals surface area contributed by atoms with Crippen molar-refractivity contribution in [2.75, 3.05) is 27.2 Å². The van der Waals surface area contributed by atoms with Crippen molar-refractivity contribution in [3.8, 4) is 5.75 Å². The highest BCUT2D eigenvalue weighted by Crippen LogP contribution is 2.24. The average Bonchev–Trinajstić information content (AvgIpc) is 3.19. The van der Waals surface area contributed by atoms with Crippen LogP contribution >= 0.6 is 0 Å². The fraction of sp³-hybridized carbons (Fsp3) is 0.571. The van der Waals surface area contributed by atoms with E-state index in [0.29, 0.717) is 12.3 Å². The van der Waals surface area contributed by atoms with Crippen molar-refractivity contribution in [3.05, 3.63) is 29.6 Å². The normalized spacial score (nSPS) is 15.1. The van der Waals surface area contributed by atoms with E-state index in [1.165, 1.54) is 26.0 Å². The first kappa shape index (κ1) is 13.3. The number of hydrogen-bond acceptors (Lipinski definition) is 3. The van der Waals surface area contributed by atoms with Gasteiger partial charge in [-0.3, -0.25) is 0 Å². The zero-order valence-corrected chi connectivity index (χ0v) is 11.1. The van der Waals surface area contributed by atoms with Crippen LogP contribution in [0.4, 0.5) is 4.39 Å². The Morgan fingerprint density at radius 2 is 2.22 bits per heavy atom. The molecule has 1 aliphatic rings. The monoisotopic (exact) mass is 252 g/mol. The van der Waals surface area contributed by atoms with Crippen molar-refractivity contribution in [1.82, 2.24) is 10.2 Å². The van der Waals surface area contributed by atoms with Crippen LogP contribution in [0.25, 0.3) is 0 Å². The lowest BCUT2D eigenvalue weighted by Crippen LogP contribution is -2.30. The Kier molecular flexibility index (Phi) is 4.55. The molecule has 2 rings (SSSR count). The van der Waals surface area contributed by atoms with E-state index >= 15 is 0 Å². The fourth-order valence-corrected chi connectivity index (χ4v) is 2.01. The second kappa shape index (κ2) is 6.16. The number of hydrogen-bond donors (Lipinski definition) is 1. The fourth-order valence-electron chi connectivity index (χ4n) is 2.01. The molecule has 0 heterocycles. The minimum Gasteiger partial charge on any atom is -0.494 e. The molecule has 1 aromatic rings. The summed E-state index contributed by atoms with van der Waals surface area (Å²) in [6.07, 6.45) is 2.67.